The molecule has 0 fully saturated rings. The minimum atomic E-state index is 1.04. The largest absolute Gasteiger partial charge is 0.353 e. The molecule has 35 heavy (non-hydrogen) atoms. The highest BCUT2D eigenvalue weighted by Gasteiger charge is 2.14. The number of rotatable bonds is 1. The molecule has 182 valence electrons. The third-order valence-corrected chi connectivity index (χ3v) is 6.18. The molecule has 0 saturated heterocycles. The van der Waals surface area contributed by atoms with Gasteiger partial charge in [-0.3, -0.25) is 0 Å². The first-order valence-corrected chi connectivity index (χ1v) is 13.3. The summed E-state index contributed by atoms with van der Waals surface area (Å²) in [4.78, 5) is 7.41. The average molecular weight is 465 g/mol. The van der Waals surface area contributed by atoms with E-state index >= 15 is 0 Å². The van der Waals surface area contributed by atoms with Gasteiger partial charge in [0.25, 0.3) is 0 Å². The molecule has 2 nitrogen and oxygen atoms in total. The minimum absolute atomic E-state index is 1.04. The molecule has 2 aromatic heterocycles. The van der Waals surface area contributed by atoms with Crippen molar-refractivity contribution < 1.29 is 0 Å². The molecule has 0 unspecified atom stereocenters. The Kier molecular flexibility index (Phi) is 8.76. The number of H-pyrrole nitrogens is 2. The summed E-state index contributed by atoms with van der Waals surface area (Å²) in [5.41, 5.74) is 4.76. The monoisotopic (exact) mass is 464 g/mol. The topological polar surface area (TPSA) is 31.6 Å². The maximum Gasteiger partial charge on any atom is 0.0710 e. The normalized spacial score (nSPS) is 11.9. The van der Waals surface area contributed by atoms with E-state index in [9.17, 15) is 0 Å². The first-order valence-electron chi connectivity index (χ1n) is 13.3. The Balaban J connectivity index is 0.000000533. The van der Waals surface area contributed by atoms with Crippen molar-refractivity contribution in [3.05, 3.63) is 71.1 Å². The number of hydrogen-bond donors (Lipinski definition) is 2. The van der Waals surface area contributed by atoms with Crippen LogP contribution in [0.5, 0.6) is 0 Å². The Morgan fingerprint density at radius 3 is 1.83 bits per heavy atom. The lowest BCUT2D eigenvalue weighted by molar-refractivity contribution is 1.28. The van der Waals surface area contributed by atoms with E-state index in [0.717, 1.165) is 6.42 Å². The van der Waals surface area contributed by atoms with E-state index in [4.69, 9.17) is 0 Å². The molecular weight excluding hydrogens is 424 g/mol. The molecule has 0 aliphatic heterocycles. The molecule has 0 saturated carbocycles. The molecule has 2 N–H and O–H groups in total. The fourth-order valence-electron chi connectivity index (χ4n) is 4.95. The molecule has 0 radical (unpaired) electrons. The summed E-state index contributed by atoms with van der Waals surface area (Å²) in [6.45, 7) is 16.3. The Labute approximate surface area is 209 Å². The summed E-state index contributed by atoms with van der Waals surface area (Å²) in [6, 6.07) is 22.0. The van der Waals surface area contributed by atoms with Gasteiger partial charge in [-0.25, -0.2) is 0 Å². The van der Waals surface area contributed by atoms with Crippen LogP contribution in [0.3, 0.4) is 0 Å². The molecular formula is C33H40N2. The summed E-state index contributed by atoms with van der Waals surface area (Å²) >= 11 is 0. The van der Waals surface area contributed by atoms with E-state index in [2.05, 4.69) is 96.6 Å². The standard InChI is InChI=1S/C27H22N2.3C2H6/c1-3-7-16-10-14-22-24(18(16)4-2)20-12-13-21-25-19-9-6-5-8-17(19)11-15-23(25)29-27(21)26(20)28-22;3*1-2/h4-15,28-29H,3H2,1-2H3;3*1-2H3/b16-7-,18-4+;;;. The van der Waals surface area contributed by atoms with Crippen molar-refractivity contribution in [3.8, 4) is 0 Å². The molecule has 0 aliphatic carbocycles. The van der Waals surface area contributed by atoms with Crippen LogP contribution in [0.4, 0.5) is 0 Å². The highest BCUT2D eigenvalue weighted by atomic mass is 14.8. The van der Waals surface area contributed by atoms with Crippen molar-refractivity contribution in [3.63, 3.8) is 0 Å². The predicted molar refractivity (Wildman–Crippen MR) is 161 cm³/mol. The molecule has 0 aliphatic rings. The Morgan fingerprint density at radius 1 is 0.629 bits per heavy atom. The maximum atomic E-state index is 3.71. The maximum absolute atomic E-state index is 3.71. The van der Waals surface area contributed by atoms with Gasteiger partial charge in [0, 0.05) is 32.6 Å². The van der Waals surface area contributed by atoms with E-state index in [1.165, 1.54) is 64.8 Å². The second-order valence-electron chi connectivity index (χ2n) is 7.76. The fourth-order valence-corrected chi connectivity index (χ4v) is 4.95. The van der Waals surface area contributed by atoms with Crippen molar-refractivity contribution in [2.24, 2.45) is 0 Å². The molecule has 0 atom stereocenters. The van der Waals surface area contributed by atoms with Gasteiger partial charge in [-0.15, -0.1) is 0 Å². The van der Waals surface area contributed by atoms with Gasteiger partial charge in [0.1, 0.15) is 0 Å². The predicted octanol–water partition coefficient (Wildman–Crippen LogP) is 9.18. The number of aromatic amines is 2. The fraction of sp³-hybridized carbons (Fsp3) is 0.273. The van der Waals surface area contributed by atoms with Crippen molar-refractivity contribution >= 4 is 66.5 Å². The third-order valence-electron chi connectivity index (χ3n) is 6.18. The third kappa shape index (κ3) is 4.34. The molecule has 4 aromatic carbocycles. The minimum Gasteiger partial charge on any atom is -0.353 e. The molecule has 0 amide bonds. The second-order valence-corrected chi connectivity index (χ2v) is 7.76. The van der Waals surface area contributed by atoms with E-state index in [0.29, 0.717) is 0 Å². The molecule has 0 spiro atoms. The molecule has 0 bridgehead atoms. The Hall–Kier alpha value is -3.52. The molecule has 2 heteroatoms. The van der Waals surface area contributed by atoms with E-state index < -0.39 is 0 Å². The van der Waals surface area contributed by atoms with Crippen molar-refractivity contribution in [2.45, 2.75) is 61.8 Å². The van der Waals surface area contributed by atoms with Crippen LogP contribution in [0.25, 0.3) is 66.5 Å². The SMILES string of the molecule is C/C=c1\c(=C/CC)ccc2[nH]c3c(ccc4c3[nH]c3ccc5ccccc5c34)c12.CC.CC.CC. The van der Waals surface area contributed by atoms with Gasteiger partial charge < -0.3 is 9.97 Å². The average Bonchev–Trinajstić information content (AvgIpc) is 3.51. The quantitative estimate of drug-likeness (QED) is 0.243. The number of nitrogens with one attached hydrogen (secondary N) is 2. The number of benzene rings is 4. The Morgan fingerprint density at radius 2 is 1.20 bits per heavy atom. The summed E-state index contributed by atoms with van der Waals surface area (Å²) in [5, 5.41) is 10.4. The van der Waals surface area contributed by atoms with Crippen molar-refractivity contribution in [2.75, 3.05) is 0 Å². The van der Waals surface area contributed by atoms with Crippen LogP contribution in [-0.2, 0) is 0 Å². The zero-order chi connectivity index (χ0) is 25.5. The second kappa shape index (κ2) is 11.8. The van der Waals surface area contributed by atoms with Crippen LogP contribution in [0.15, 0.2) is 60.7 Å². The van der Waals surface area contributed by atoms with Crippen molar-refractivity contribution in [1.82, 2.24) is 9.97 Å². The van der Waals surface area contributed by atoms with Gasteiger partial charge in [-0.05, 0) is 46.7 Å². The zero-order valence-corrected chi connectivity index (χ0v) is 22.6. The van der Waals surface area contributed by atoms with Crippen LogP contribution < -0.4 is 10.4 Å². The molecule has 2 heterocycles. The molecule has 6 rings (SSSR count). The highest BCUT2D eigenvalue weighted by Crippen LogP contribution is 2.36. The lowest BCUT2D eigenvalue weighted by Gasteiger charge is -2.00. The van der Waals surface area contributed by atoms with Gasteiger partial charge in [0.2, 0.25) is 0 Å². The van der Waals surface area contributed by atoms with Gasteiger partial charge in [-0.1, -0.05) is 109 Å². The lowest BCUT2D eigenvalue weighted by Crippen LogP contribution is -2.24. The van der Waals surface area contributed by atoms with Gasteiger partial charge >= 0.3 is 0 Å². The summed E-state index contributed by atoms with van der Waals surface area (Å²) in [6.07, 6.45) is 5.58. The molecule has 6 aromatic rings. The van der Waals surface area contributed by atoms with Crippen molar-refractivity contribution in [1.29, 1.82) is 0 Å². The zero-order valence-electron chi connectivity index (χ0n) is 22.6. The van der Waals surface area contributed by atoms with Crippen LogP contribution in [0.2, 0.25) is 0 Å². The van der Waals surface area contributed by atoms with Gasteiger partial charge in [0.05, 0.1) is 11.0 Å². The van der Waals surface area contributed by atoms with Crippen LogP contribution in [-0.4, -0.2) is 9.97 Å². The number of hydrogen-bond acceptors (Lipinski definition) is 0. The van der Waals surface area contributed by atoms with Gasteiger partial charge in [-0.2, -0.15) is 0 Å². The van der Waals surface area contributed by atoms with Crippen LogP contribution in [0, 0.1) is 0 Å². The summed E-state index contributed by atoms with van der Waals surface area (Å²) < 4.78 is 0. The lowest BCUT2D eigenvalue weighted by atomic mass is 10.0. The van der Waals surface area contributed by atoms with E-state index in [1.54, 1.807) is 0 Å². The summed E-state index contributed by atoms with van der Waals surface area (Å²) in [5.74, 6) is 0. The van der Waals surface area contributed by atoms with E-state index in [-0.39, 0.29) is 0 Å². The van der Waals surface area contributed by atoms with E-state index in [1.807, 2.05) is 41.5 Å². The van der Waals surface area contributed by atoms with Crippen LogP contribution >= 0.6 is 0 Å². The summed E-state index contributed by atoms with van der Waals surface area (Å²) in [7, 11) is 0. The number of fused-ring (bicyclic) bond motifs is 9. The van der Waals surface area contributed by atoms with Gasteiger partial charge in [0.15, 0.2) is 0 Å². The number of aromatic nitrogens is 2. The highest BCUT2D eigenvalue weighted by molar-refractivity contribution is 6.26. The first kappa shape index (κ1) is 26.1. The smallest absolute Gasteiger partial charge is 0.0710 e. The first-order chi connectivity index (χ1) is 17.3. The van der Waals surface area contributed by atoms with Crippen LogP contribution in [0.1, 0.15) is 61.8 Å². The Bertz CT molecular complexity index is 1690.